The number of ether oxygens (including phenoxy) is 1. The number of anilines is 1. The molecule has 0 bridgehead atoms. The first-order chi connectivity index (χ1) is 13.6. The third kappa shape index (κ3) is 3.86. The Morgan fingerprint density at radius 3 is 2.50 bits per heavy atom. The van der Waals surface area contributed by atoms with Gasteiger partial charge in [0.25, 0.3) is 5.91 Å². The highest BCUT2D eigenvalue weighted by atomic mass is 16.5. The first-order valence-corrected chi connectivity index (χ1v) is 9.58. The molecule has 0 saturated heterocycles. The van der Waals surface area contributed by atoms with E-state index in [1.54, 1.807) is 0 Å². The number of benzene rings is 3. The molecule has 28 heavy (non-hydrogen) atoms. The Morgan fingerprint density at radius 2 is 1.71 bits per heavy atom. The molecule has 0 aromatic heterocycles. The molecule has 0 saturated carbocycles. The van der Waals surface area contributed by atoms with Crippen LogP contribution >= 0.6 is 0 Å². The third-order valence-electron chi connectivity index (χ3n) is 4.99. The number of nitrogens with one attached hydrogen (secondary N) is 2. The molecule has 3 aromatic rings. The fourth-order valence-corrected chi connectivity index (χ4v) is 3.32. The Morgan fingerprint density at radius 1 is 0.929 bits per heavy atom. The van der Waals surface area contributed by atoms with E-state index in [0.717, 1.165) is 22.6 Å². The van der Waals surface area contributed by atoms with Crippen LogP contribution in [0.5, 0.6) is 5.75 Å². The summed E-state index contributed by atoms with van der Waals surface area (Å²) in [4.78, 5) is 12.4. The van der Waals surface area contributed by atoms with Crippen molar-refractivity contribution >= 4 is 11.6 Å². The molecule has 4 heteroatoms. The zero-order chi connectivity index (χ0) is 19.5. The van der Waals surface area contributed by atoms with E-state index in [4.69, 9.17) is 4.74 Å². The Bertz CT molecular complexity index is 980. The van der Waals surface area contributed by atoms with E-state index in [1.165, 1.54) is 5.56 Å². The van der Waals surface area contributed by atoms with Gasteiger partial charge in [0.05, 0.1) is 5.56 Å². The molecular formula is C24H24N2O2. The molecule has 3 aromatic carbocycles. The van der Waals surface area contributed by atoms with Crippen molar-refractivity contribution in [1.82, 2.24) is 5.32 Å². The van der Waals surface area contributed by atoms with Crippen LogP contribution in [0, 0.1) is 0 Å². The topological polar surface area (TPSA) is 50.4 Å². The van der Waals surface area contributed by atoms with E-state index in [9.17, 15) is 4.79 Å². The van der Waals surface area contributed by atoms with Gasteiger partial charge in [-0.15, -0.1) is 0 Å². The van der Waals surface area contributed by atoms with Gasteiger partial charge in [0.1, 0.15) is 18.5 Å². The van der Waals surface area contributed by atoms with Crippen LogP contribution in [-0.2, 0) is 6.61 Å². The quantitative estimate of drug-likeness (QED) is 0.644. The summed E-state index contributed by atoms with van der Waals surface area (Å²) < 4.78 is 5.98. The summed E-state index contributed by atoms with van der Waals surface area (Å²) in [6.07, 6.45) is -0.281. The minimum Gasteiger partial charge on any atom is -0.489 e. The SMILES string of the molecule is CC(C)c1ccc(COc2cccc(C3NC(=O)c4ccccc4N3)c2)cc1. The maximum atomic E-state index is 12.4. The predicted molar refractivity (Wildman–Crippen MR) is 112 cm³/mol. The van der Waals surface area contributed by atoms with E-state index < -0.39 is 0 Å². The second-order valence-electron chi connectivity index (χ2n) is 7.35. The minimum absolute atomic E-state index is 0.0732. The maximum absolute atomic E-state index is 12.4. The van der Waals surface area contributed by atoms with Crippen molar-refractivity contribution in [1.29, 1.82) is 0 Å². The molecule has 4 rings (SSSR count). The highest BCUT2D eigenvalue weighted by Crippen LogP contribution is 2.28. The second kappa shape index (κ2) is 7.77. The van der Waals surface area contributed by atoms with E-state index in [1.807, 2.05) is 48.5 Å². The maximum Gasteiger partial charge on any atom is 0.255 e. The summed E-state index contributed by atoms with van der Waals surface area (Å²) in [5, 5.41) is 6.37. The fraction of sp³-hybridized carbons (Fsp3) is 0.208. The lowest BCUT2D eigenvalue weighted by atomic mass is 10.0. The van der Waals surface area contributed by atoms with Crippen molar-refractivity contribution in [2.75, 3.05) is 5.32 Å². The molecule has 2 N–H and O–H groups in total. The second-order valence-corrected chi connectivity index (χ2v) is 7.35. The zero-order valence-electron chi connectivity index (χ0n) is 16.1. The first kappa shape index (κ1) is 18.1. The van der Waals surface area contributed by atoms with Crippen molar-refractivity contribution in [2.45, 2.75) is 32.5 Å². The number of para-hydroxylation sites is 1. The standard InChI is InChI=1S/C24H24N2O2/c1-16(2)18-12-10-17(11-13-18)15-28-20-7-5-6-19(14-20)23-25-22-9-4-3-8-21(22)24(27)26-23/h3-14,16,23,25H,15H2,1-2H3,(H,26,27). The summed E-state index contributed by atoms with van der Waals surface area (Å²) in [6.45, 7) is 4.88. The fourth-order valence-electron chi connectivity index (χ4n) is 3.32. The summed E-state index contributed by atoms with van der Waals surface area (Å²) in [7, 11) is 0. The molecule has 1 aliphatic heterocycles. The highest BCUT2D eigenvalue weighted by molar-refractivity contribution is 6.01. The van der Waals surface area contributed by atoms with Crippen LogP contribution in [0.2, 0.25) is 0 Å². The van der Waals surface area contributed by atoms with Crippen molar-refractivity contribution in [2.24, 2.45) is 0 Å². The van der Waals surface area contributed by atoms with Crippen molar-refractivity contribution in [3.63, 3.8) is 0 Å². The lowest BCUT2D eigenvalue weighted by Gasteiger charge is -2.28. The van der Waals surface area contributed by atoms with E-state index in [0.29, 0.717) is 18.1 Å². The first-order valence-electron chi connectivity index (χ1n) is 9.58. The summed E-state index contributed by atoms with van der Waals surface area (Å²) in [6, 6.07) is 23.9. The summed E-state index contributed by atoms with van der Waals surface area (Å²) >= 11 is 0. The number of rotatable bonds is 5. The monoisotopic (exact) mass is 372 g/mol. The van der Waals surface area contributed by atoms with Crippen molar-refractivity contribution < 1.29 is 9.53 Å². The van der Waals surface area contributed by atoms with Gasteiger partial charge in [0, 0.05) is 5.69 Å². The number of hydrogen-bond donors (Lipinski definition) is 2. The molecule has 142 valence electrons. The average Bonchev–Trinajstić information content (AvgIpc) is 2.73. The third-order valence-corrected chi connectivity index (χ3v) is 4.99. The molecule has 0 radical (unpaired) electrons. The molecule has 1 atom stereocenters. The molecule has 4 nitrogen and oxygen atoms in total. The number of hydrogen-bond acceptors (Lipinski definition) is 3. The predicted octanol–water partition coefficient (Wildman–Crippen LogP) is 5.24. The Kier molecular flexibility index (Phi) is 5.02. The van der Waals surface area contributed by atoms with Crippen LogP contribution in [0.15, 0.2) is 72.8 Å². The van der Waals surface area contributed by atoms with Gasteiger partial charge >= 0.3 is 0 Å². The van der Waals surface area contributed by atoms with Gasteiger partial charge in [-0.1, -0.05) is 62.4 Å². The molecule has 1 amide bonds. The van der Waals surface area contributed by atoms with Gasteiger partial charge in [-0.2, -0.15) is 0 Å². The average molecular weight is 372 g/mol. The largest absolute Gasteiger partial charge is 0.489 e. The molecule has 0 spiro atoms. The van der Waals surface area contributed by atoms with Crippen LogP contribution in [-0.4, -0.2) is 5.91 Å². The summed E-state index contributed by atoms with van der Waals surface area (Å²) in [5.74, 6) is 1.23. The van der Waals surface area contributed by atoms with Gasteiger partial charge in [-0.3, -0.25) is 4.79 Å². The van der Waals surface area contributed by atoms with Crippen LogP contribution in [0.4, 0.5) is 5.69 Å². The number of carbonyl (C=O) groups is 1. The van der Waals surface area contributed by atoms with Gasteiger partial charge in [-0.05, 0) is 46.9 Å². The molecule has 1 heterocycles. The minimum atomic E-state index is -0.281. The van der Waals surface area contributed by atoms with Crippen LogP contribution < -0.4 is 15.4 Å². The van der Waals surface area contributed by atoms with E-state index in [2.05, 4.69) is 48.7 Å². The van der Waals surface area contributed by atoms with Gasteiger partial charge in [-0.25, -0.2) is 0 Å². The molecule has 0 aliphatic carbocycles. The van der Waals surface area contributed by atoms with Gasteiger partial charge in [0.15, 0.2) is 0 Å². The Hall–Kier alpha value is -3.27. The normalized spacial score (nSPS) is 15.5. The number of amides is 1. The van der Waals surface area contributed by atoms with Crippen LogP contribution in [0.1, 0.15) is 53.0 Å². The van der Waals surface area contributed by atoms with Crippen molar-refractivity contribution in [3.05, 3.63) is 95.1 Å². The smallest absolute Gasteiger partial charge is 0.255 e. The van der Waals surface area contributed by atoms with Crippen LogP contribution in [0.3, 0.4) is 0 Å². The Balaban J connectivity index is 1.45. The highest BCUT2D eigenvalue weighted by Gasteiger charge is 2.24. The Labute approximate surface area is 165 Å². The lowest BCUT2D eigenvalue weighted by Crippen LogP contribution is -2.38. The van der Waals surface area contributed by atoms with Gasteiger partial charge in [0.2, 0.25) is 0 Å². The number of fused-ring (bicyclic) bond motifs is 1. The molecular weight excluding hydrogens is 348 g/mol. The van der Waals surface area contributed by atoms with Crippen LogP contribution in [0.25, 0.3) is 0 Å². The lowest BCUT2D eigenvalue weighted by molar-refractivity contribution is 0.0935. The van der Waals surface area contributed by atoms with Crippen molar-refractivity contribution in [3.8, 4) is 5.75 Å². The molecule has 0 fully saturated rings. The molecule has 1 aliphatic rings. The number of carbonyl (C=O) groups excluding carboxylic acids is 1. The zero-order valence-corrected chi connectivity index (χ0v) is 16.1. The molecule has 1 unspecified atom stereocenters. The van der Waals surface area contributed by atoms with E-state index >= 15 is 0 Å². The summed E-state index contributed by atoms with van der Waals surface area (Å²) in [5.41, 5.74) is 4.91. The van der Waals surface area contributed by atoms with E-state index in [-0.39, 0.29) is 12.1 Å². The van der Waals surface area contributed by atoms with Gasteiger partial charge < -0.3 is 15.4 Å².